The van der Waals surface area contributed by atoms with E-state index >= 15 is 0 Å². The molecule has 0 aliphatic heterocycles. The summed E-state index contributed by atoms with van der Waals surface area (Å²) in [6, 6.07) is 0.806. The predicted molar refractivity (Wildman–Crippen MR) is 42.9 cm³/mol. The molecule has 0 aromatic heterocycles. The Morgan fingerprint density at radius 2 is 2.00 bits per heavy atom. The van der Waals surface area contributed by atoms with Gasteiger partial charge in [0.15, 0.2) is 0 Å². The zero-order valence-electron chi connectivity index (χ0n) is 6.77. The number of hydrogen-bond donors (Lipinski definition) is 1. The van der Waals surface area contributed by atoms with Crippen LogP contribution in [0.2, 0.25) is 0 Å². The lowest BCUT2D eigenvalue weighted by Crippen LogP contribution is -2.29. The van der Waals surface area contributed by atoms with Gasteiger partial charge in [-0.25, -0.2) is 0 Å². The lowest BCUT2D eigenvalue weighted by molar-refractivity contribution is 0.483. The van der Waals surface area contributed by atoms with E-state index in [4.69, 9.17) is 0 Å². The largest absolute Gasteiger partial charge is 0.314 e. The fraction of sp³-hybridized carbons (Fsp3) is 1.00. The fourth-order valence-electron chi connectivity index (χ4n) is 1.44. The summed E-state index contributed by atoms with van der Waals surface area (Å²) in [5, 5.41) is 3.61. The summed E-state index contributed by atoms with van der Waals surface area (Å²) in [6.07, 6.45) is 5.90. The highest BCUT2D eigenvalue weighted by molar-refractivity contribution is 4.85. The van der Waals surface area contributed by atoms with E-state index < -0.39 is 0 Å². The minimum Gasteiger partial charge on any atom is -0.314 e. The summed E-state index contributed by atoms with van der Waals surface area (Å²) in [6.45, 7) is 3.62. The molecule has 1 atom stereocenters. The molecule has 0 bridgehead atoms. The Bertz CT molecular complexity index is 114. The molecule has 1 heteroatoms. The van der Waals surface area contributed by atoms with Crippen molar-refractivity contribution in [2.75, 3.05) is 6.54 Å². The summed E-state index contributed by atoms with van der Waals surface area (Å²) < 4.78 is 0. The number of hydrogen-bond acceptors (Lipinski definition) is 1. The van der Waals surface area contributed by atoms with Gasteiger partial charge in [-0.2, -0.15) is 0 Å². The fourth-order valence-corrected chi connectivity index (χ4v) is 1.44. The van der Waals surface area contributed by atoms with Crippen molar-refractivity contribution >= 4 is 0 Å². The van der Waals surface area contributed by atoms with Crippen LogP contribution in [0.15, 0.2) is 0 Å². The van der Waals surface area contributed by atoms with Gasteiger partial charge in [0.2, 0.25) is 0 Å². The van der Waals surface area contributed by atoms with Crippen LogP contribution in [0.5, 0.6) is 0 Å². The molecule has 0 aromatic rings. The molecule has 0 radical (unpaired) electrons. The number of nitrogens with one attached hydrogen (secondary N) is 1. The molecule has 1 nitrogen and oxygen atoms in total. The van der Waals surface area contributed by atoms with Gasteiger partial charge in [-0.05, 0) is 51.0 Å². The van der Waals surface area contributed by atoms with Crippen molar-refractivity contribution in [2.45, 2.75) is 38.6 Å². The van der Waals surface area contributed by atoms with Crippen molar-refractivity contribution in [3.63, 3.8) is 0 Å². The summed E-state index contributed by atoms with van der Waals surface area (Å²) in [7, 11) is 0. The molecule has 0 spiro atoms. The number of rotatable bonds is 4. The molecule has 2 fully saturated rings. The molecule has 2 aliphatic rings. The Hall–Kier alpha value is -0.0400. The Morgan fingerprint density at radius 3 is 2.50 bits per heavy atom. The quantitative estimate of drug-likeness (QED) is 0.626. The van der Waals surface area contributed by atoms with Crippen LogP contribution in [0.4, 0.5) is 0 Å². The molecule has 1 N–H and O–H groups in total. The Labute approximate surface area is 63.2 Å². The second kappa shape index (κ2) is 2.54. The van der Waals surface area contributed by atoms with E-state index in [9.17, 15) is 0 Å². The van der Waals surface area contributed by atoms with Crippen LogP contribution in [0.1, 0.15) is 32.6 Å². The van der Waals surface area contributed by atoms with E-state index in [0.717, 1.165) is 17.9 Å². The van der Waals surface area contributed by atoms with E-state index in [1.165, 1.54) is 32.2 Å². The zero-order chi connectivity index (χ0) is 6.97. The second-order valence-electron chi connectivity index (χ2n) is 3.98. The molecular formula is C9H17N. The molecule has 2 aliphatic carbocycles. The highest BCUT2D eigenvalue weighted by atomic mass is 14.9. The predicted octanol–water partition coefficient (Wildman–Crippen LogP) is 1.78. The van der Waals surface area contributed by atoms with Crippen LogP contribution < -0.4 is 5.32 Å². The van der Waals surface area contributed by atoms with E-state index in [-0.39, 0.29) is 0 Å². The first-order chi connectivity index (χ1) is 4.86. The van der Waals surface area contributed by atoms with Crippen molar-refractivity contribution < 1.29 is 0 Å². The monoisotopic (exact) mass is 139 g/mol. The van der Waals surface area contributed by atoms with Crippen LogP contribution in [0.3, 0.4) is 0 Å². The average molecular weight is 139 g/mol. The normalized spacial score (nSPS) is 28.5. The Kier molecular flexibility index (Phi) is 1.69. The topological polar surface area (TPSA) is 12.0 Å². The minimum atomic E-state index is 0.806. The molecule has 2 rings (SSSR count). The molecule has 58 valence electrons. The third-order valence-corrected chi connectivity index (χ3v) is 2.75. The Balaban J connectivity index is 1.58. The van der Waals surface area contributed by atoms with Crippen LogP contribution in [0.25, 0.3) is 0 Å². The van der Waals surface area contributed by atoms with Gasteiger partial charge in [0.25, 0.3) is 0 Å². The molecular weight excluding hydrogens is 122 g/mol. The maximum atomic E-state index is 3.61. The summed E-state index contributed by atoms with van der Waals surface area (Å²) >= 11 is 0. The molecule has 0 amide bonds. The summed E-state index contributed by atoms with van der Waals surface area (Å²) in [5.74, 6) is 2.07. The van der Waals surface area contributed by atoms with Gasteiger partial charge in [0, 0.05) is 6.04 Å². The minimum absolute atomic E-state index is 0.806. The van der Waals surface area contributed by atoms with E-state index in [1.807, 2.05) is 0 Å². The van der Waals surface area contributed by atoms with Crippen molar-refractivity contribution in [1.82, 2.24) is 5.32 Å². The first-order valence-corrected chi connectivity index (χ1v) is 4.59. The maximum absolute atomic E-state index is 3.61. The van der Waals surface area contributed by atoms with Crippen molar-refractivity contribution in [3.8, 4) is 0 Å². The lowest BCUT2D eigenvalue weighted by atomic mass is 10.2. The highest BCUT2D eigenvalue weighted by Gasteiger charge is 2.29. The smallest absolute Gasteiger partial charge is 0.00671 e. The van der Waals surface area contributed by atoms with Gasteiger partial charge in [-0.1, -0.05) is 0 Å². The molecule has 0 aromatic carbocycles. The van der Waals surface area contributed by atoms with Gasteiger partial charge in [-0.3, -0.25) is 0 Å². The van der Waals surface area contributed by atoms with Crippen molar-refractivity contribution in [2.24, 2.45) is 11.8 Å². The lowest BCUT2D eigenvalue weighted by Gasteiger charge is -2.11. The highest BCUT2D eigenvalue weighted by Crippen LogP contribution is 2.33. The van der Waals surface area contributed by atoms with Gasteiger partial charge in [0.05, 0.1) is 0 Å². The van der Waals surface area contributed by atoms with E-state index in [0.29, 0.717) is 0 Å². The molecule has 1 unspecified atom stereocenters. The maximum Gasteiger partial charge on any atom is 0.00671 e. The van der Waals surface area contributed by atoms with Crippen LogP contribution in [0, 0.1) is 11.8 Å². The van der Waals surface area contributed by atoms with Gasteiger partial charge in [-0.15, -0.1) is 0 Å². The molecule has 0 heterocycles. The molecule has 10 heavy (non-hydrogen) atoms. The zero-order valence-corrected chi connectivity index (χ0v) is 6.77. The molecule has 2 saturated carbocycles. The van der Waals surface area contributed by atoms with E-state index in [2.05, 4.69) is 12.2 Å². The van der Waals surface area contributed by atoms with Crippen LogP contribution >= 0.6 is 0 Å². The SMILES string of the molecule is CC(NCC1CC1)C1CC1. The van der Waals surface area contributed by atoms with Crippen LogP contribution in [-0.4, -0.2) is 12.6 Å². The molecule has 0 saturated heterocycles. The third kappa shape index (κ3) is 1.72. The average Bonchev–Trinajstić information content (AvgIpc) is 2.76. The second-order valence-corrected chi connectivity index (χ2v) is 3.98. The first-order valence-electron chi connectivity index (χ1n) is 4.59. The first kappa shape index (κ1) is 6.66. The standard InChI is InChI=1S/C9H17N/c1-7(9-4-5-9)10-6-8-2-3-8/h7-10H,2-6H2,1H3. The van der Waals surface area contributed by atoms with Gasteiger partial charge >= 0.3 is 0 Å². The van der Waals surface area contributed by atoms with Crippen molar-refractivity contribution in [3.05, 3.63) is 0 Å². The third-order valence-electron chi connectivity index (χ3n) is 2.75. The van der Waals surface area contributed by atoms with E-state index in [1.54, 1.807) is 0 Å². The van der Waals surface area contributed by atoms with Crippen molar-refractivity contribution in [1.29, 1.82) is 0 Å². The van der Waals surface area contributed by atoms with Gasteiger partial charge in [0.1, 0.15) is 0 Å². The summed E-state index contributed by atoms with van der Waals surface area (Å²) in [4.78, 5) is 0. The van der Waals surface area contributed by atoms with Crippen LogP contribution in [-0.2, 0) is 0 Å². The Morgan fingerprint density at radius 1 is 1.30 bits per heavy atom. The van der Waals surface area contributed by atoms with Gasteiger partial charge < -0.3 is 5.32 Å². The summed E-state index contributed by atoms with van der Waals surface area (Å²) in [5.41, 5.74) is 0.